The maximum atomic E-state index is 10.2. The van der Waals surface area contributed by atoms with Crippen LogP contribution in [0.5, 0.6) is 0 Å². The lowest BCUT2D eigenvalue weighted by atomic mass is 10.0. The number of aliphatic hydroxyl groups is 1. The van der Waals surface area contributed by atoms with Crippen LogP contribution in [0.4, 0.5) is 0 Å². The van der Waals surface area contributed by atoms with Crippen LogP contribution in [0.25, 0.3) is 0 Å². The number of nitrogens with one attached hydrogen (secondary N) is 1. The van der Waals surface area contributed by atoms with Gasteiger partial charge in [-0.05, 0) is 32.8 Å². The Kier molecular flexibility index (Phi) is 3.84. The zero-order chi connectivity index (χ0) is 12.3. The number of hydrogen-bond acceptors (Lipinski definition) is 3. The summed E-state index contributed by atoms with van der Waals surface area (Å²) in [5.41, 5.74) is 0.570. The van der Waals surface area contributed by atoms with Crippen molar-refractivity contribution in [1.82, 2.24) is 15.1 Å². The van der Waals surface area contributed by atoms with E-state index in [4.69, 9.17) is 0 Å². The van der Waals surface area contributed by atoms with Gasteiger partial charge in [-0.3, -0.25) is 4.68 Å². The van der Waals surface area contributed by atoms with E-state index in [1.807, 2.05) is 16.9 Å². The fourth-order valence-electron chi connectivity index (χ4n) is 2.39. The average molecular weight is 237 g/mol. The number of nitrogens with zero attached hydrogens (tertiary/aromatic N) is 2. The topological polar surface area (TPSA) is 50.1 Å². The Morgan fingerprint density at radius 2 is 2.18 bits per heavy atom. The van der Waals surface area contributed by atoms with Crippen LogP contribution in [0.15, 0.2) is 12.3 Å². The third kappa shape index (κ3) is 3.30. The lowest BCUT2D eigenvalue weighted by molar-refractivity contribution is 0.0474. The molecule has 4 nitrogen and oxygen atoms in total. The highest BCUT2D eigenvalue weighted by atomic mass is 16.3. The maximum Gasteiger partial charge on any atom is 0.0771 e. The first kappa shape index (κ1) is 12.6. The van der Waals surface area contributed by atoms with Gasteiger partial charge in [0.05, 0.1) is 11.3 Å². The van der Waals surface area contributed by atoms with Crippen molar-refractivity contribution in [1.29, 1.82) is 0 Å². The van der Waals surface area contributed by atoms with Crippen LogP contribution in [-0.2, 0) is 6.54 Å². The van der Waals surface area contributed by atoms with Crippen LogP contribution < -0.4 is 5.32 Å². The van der Waals surface area contributed by atoms with E-state index in [9.17, 15) is 5.11 Å². The standard InChI is InChI=1S/C13H23N3O/c1-11(2)16-8-5-12(15-16)9-14-10-13(17)6-3-4-7-13/h5,8,11,14,17H,3-4,6-7,9-10H2,1-2H3. The van der Waals surface area contributed by atoms with Gasteiger partial charge in [-0.25, -0.2) is 0 Å². The van der Waals surface area contributed by atoms with E-state index in [-0.39, 0.29) is 0 Å². The van der Waals surface area contributed by atoms with Gasteiger partial charge in [0, 0.05) is 25.3 Å². The van der Waals surface area contributed by atoms with E-state index in [1.165, 1.54) is 0 Å². The summed E-state index contributed by atoms with van der Waals surface area (Å²) >= 11 is 0. The van der Waals surface area contributed by atoms with E-state index in [1.54, 1.807) is 0 Å². The summed E-state index contributed by atoms with van der Waals surface area (Å²) in [7, 11) is 0. The minimum atomic E-state index is -0.472. The maximum absolute atomic E-state index is 10.2. The van der Waals surface area contributed by atoms with Crippen molar-refractivity contribution in [2.75, 3.05) is 6.54 Å². The van der Waals surface area contributed by atoms with Gasteiger partial charge in [0.1, 0.15) is 0 Å². The normalized spacial score (nSPS) is 19.1. The molecule has 0 atom stereocenters. The Labute approximate surface area is 103 Å². The first-order valence-electron chi connectivity index (χ1n) is 6.56. The summed E-state index contributed by atoms with van der Waals surface area (Å²) in [6.07, 6.45) is 6.17. The molecule has 0 unspecified atom stereocenters. The van der Waals surface area contributed by atoms with Crippen LogP contribution in [0.2, 0.25) is 0 Å². The van der Waals surface area contributed by atoms with Crippen molar-refractivity contribution in [3.8, 4) is 0 Å². The highest BCUT2D eigenvalue weighted by molar-refractivity contribution is 4.99. The van der Waals surface area contributed by atoms with Gasteiger partial charge >= 0.3 is 0 Å². The summed E-state index contributed by atoms with van der Waals surface area (Å²) < 4.78 is 1.96. The second-order valence-electron chi connectivity index (χ2n) is 5.42. The van der Waals surface area contributed by atoms with Crippen molar-refractivity contribution in [2.45, 2.75) is 57.7 Å². The largest absolute Gasteiger partial charge is 0.389 e. The van der Waals surface area contributed by atoms with Gasteiger partial charge in [-0.1, -0.05) is 12.8 Å². The molecule has 0 aromatic carbocycles. The number of hydrogen-bond donors (Lipinski definition) is 2. The van der Waals surface area contributed by atoms with E-state index in [2.05, 4.69) is 24.3 Å². The third-order valence-corrected chi connectivity index (χ3v) is 3.49. The molecule has 1 aliphatic rings. The molecule has 1 aromatic heterocycles. The third-order valence-electron chi connectivity index (χ3n) is 3.49. The smallest absolute Gasteiger partial charge is 0.0771 e. The van der Waals surface area contributed by atoms with E-state index >= 15 is 0 Å². The molecule has 0 spiro atoms. The second-order valence-corrected chi connectivity index (χ2v) is 5.42. The predicted molar refractivity (Wildman–Crippen MR) is 67.7 cm³/mol. The van der Waals surface area contributed by atoms with Crippen molar-refractivity contribution in [3.05, 3.63) is 18.0 Å². The van der Waals surface area contributed by atoms with Crippen LogP contribution in [0, 0.1) is 0 Å². The lowest BCUT2D eigenvalue weighted by Gasteiger charge is -2.22. The SMILES string of the molecule is CC(C)n1ccc(CNCC2(O)CCCC2)n1. The van der Waals surface area contributed by atoms with Crippen LogP contribution in [0.3, 0.4) is 0 Å². The van der Waals surface area contributed by atoms with Gasteiger partial charge in [0.2, 0.25) is 0 Å². The Morgan fingerprint density at radius 1 is 1.47 bits per heavy atom. The zero-order valence-corrected chi connectivity index (χ0v) is 10.8. The van der Waals surface area contributed by atoms with Crippen molar-refractivity contribution >= 4 is 0 Å². The summed E-state index contributed by atoms with van der Waals surface area (Å²) in [6, 6.07) is 2.44. The van der Waals surface area contributed by atoms with Gasteiger partial charge in [0.25, 0.3) is 0 Å². The Morgan fingerprint density at radius 3 is 2.76 bits per heavy atom. The van der Waals surface area contributed by atoms with Crippen molar-refractivity contribution in [2.24, 2.45) is 0 Å². The lowest BCUT2D eigenvalue weighted by Crippen LogP contribution is -2.37. The Hall–Kier alpha value is -0.870. The fourth-order valence-corrected chi connectivity index (χ4v) is 2.39. The van der Waals surface area contributed by atoms with Gasteiger partial charge in [-0.15, -0.1) is 0 Å². The number of aromatic nitrogens is 2. The van der Waals surface area contributed by atoms with Crippen LogP contribution >= 0.6 is 0 Å². The molecule has 0 bridgehead atoms. The molecule has 4 heteroatoms. The molecule has 0 radical (unpaired) electrons. The molecule has 1 saturated carbocycles. The van der Waals surface area contributed by atoms with Crippen molar-refractivity contribution in [3.63, 3.8) is 0 Å². The van der Waals surface area contributed by atoms with E-state index in [0.29, 0.717) is 12.6 Å². The molecule has 2 N–H and O–H groups in total. The molecule has 1 heterocycles. The molecular formula is C13H23N3O. The fraction of sp³-hybridized carbons (Fsp3) is 0.769. The summed E-state index contributed by atoms with van der Waals surface area (Å²) in [5.74, 6) is 0. The minimum absolute atomic E-state index is 0.405. The summed E-state index contributed by atoms with van der Waals surface area (Å²) in [5, 5.41) is 18.0. The molecular weight excluding hydrogens is 214 g/mol. The Balaban J connectivity index is 1.77. The molecule has 96 valence electrons. The molecule has 0 amide bonds. The zero-order valence-electron chi connectivity index (χ0n) is 10.8. The molecule has 1 aliphatic carbocycles. The molecule has 2 rings (SSSR count). The van der Waals surface area contributed by atoms with Gasteiger partial charge in [-0.2, -0.15) is 5.10 Å². The first-order chi connectivity index (χ1) is 8.09. The molecule has 17 heavy (non-hydrogen) atoms. The molecule has 1 aromatic rings. The monoisotopic (exact) mass is 237 g/mol. The van der Waals surface area contributed by atoms with Crippen LogP contribution in [-0.4, -0.2) is 27.0 Å². The predicted octanol–water partition coefficient (Wildman–Crippen LogP) is 1.86. The van der Waals surface area contributed by atoms with Crippen molar-refractivity contribution < 1.29 is 5.11 Å². The van der Waals surface area contributed by atoms with Gasteiger partial charge < -0.3 is 10.4 Å². The highest BCUT2D eigenvalue weighted by Crippen LogP contribution is 2.28. The average Bonchev–Trinajstić information content (AvgIpc) is 2.88. The first-order valence-corrected chi connectivity index (χ1v) is 6.56. The quantitative estimate of drug-likeness (QED) is 0.822. The molecule has 0 aliphatic heterocycles. The minimum Gasteiger partial charge on any atom is -0.389 e. The van der Waals surface area contributed by atoms with Crippen LogP contribution in [0.1, 0.15) is 51.3 Å². The highest BCUT2D eigenvalue weighted by Gasteiger charge is 2.30. The second kappa shape index (κ2) is 5.19. The molecule has 1 fully saturated rings. The molecule has 0 saturated heterocycles. The summed E-state index contributed by atoms with van der Waals surface area (Å²) in [6.45, 7) is 5.65. The van der Waals surface area contributed by atoms with Gasteiger partial charge in [0.15, 0.2) is 0 Å². The van der Waals surface area contributed by atoms with E-state index < -0.39 is 5.60 Å². The Bertz CT molecular complexity index is 353. The number of rotatable bonds is 5. The van der Waals surface area contributed by atoms with E-state index in [0.717, 1.165) is 37.9 Å². The summed E-state index contributed by atoms with van der Waals surface area (Å²) in [4.78, 5) is 0.